The molecule has 160 valence electrons. The van der Waals surface area contributed by atoms with E-state index in [9.17, 15) is 19.2 Å². The lowest BCUT2D eigenvalue weighted by Crippen LogP contribution is -2.31. The van der Waals surface area contributed by atoms with E-state index >= 15 is 0 Å². The highest BCUT2D eigenvalue weighted by molar-refractivity contribution is 6.30. The van der Waals surface area contributed by atoms with Gasteiger partial charge in [-0.15, -0.1) is 0 Å². The Balaban J connectivity index is 1.58. The van der Waals surface area contributed by atoms with Gasteiger partial charge in [0.1, 0.15) is 0 Å². The third-order valence-corrected chi connectivity index (χ3v) is 5.41. The van der Waals surface area contributed by atoms with Crippen LogP contribution in [0.3, 0.4) is 0 Å². The Morgan fingerprint density at radius 2 is 1.50 bits per heavy atom. The SMILES string of the molecule is Cc1ccccc1NC(=O)C(C)OC(=O)c1ccc2c(c1N)C(=O)c1ccccc1C2=O. The van der Waals surface area contributed by atoms with E-state index in [1.807, 2.05) is 19.1 Å². The highest BCUT2D eigenvalue weighted by Crippen LogP contribution is 2.33. The lowest BCUT2D eigenvalue weighted by molar-refractivity contribution is -0.123. The molecule has 0 aliphatic heterocycles. The molecule has 7 heteroatoms. The van der Waals surface area contributed by atoms with E-state index in [1.54, 1.807) is 36.4 Å². The minimum atomic E-state index is -1.12. The van der Waals surface area contributed by atoms with Gasteiger partial charge in [-0.05, 0) is 37.6 Å². The van der Waals surface area contributed by atoms with Gasteiger partial charge in [-0.1, -0.05) is 42.5 Å². The fraction of sp³-hybridized carbons (Fsp3) is 0.120. The summed E-state index contributed by atoms with van der Waals surface area (Å²) in [5.41, 5.74) is 8.00. The van der Waals surface area contributed by atoms with Gasteiger partial charge in [0.2, 0.25) is 0 Å². The first-order valence-electron chi connectivity index (χ1n) is 9.98. The fourth-order valence-electron chi connectivity index (χ4n) is 3.62. The number of nitrogens with one attached hydrogen (secondary N) is 1. The summed E-state index contributed by atoms with van der Waals surface area (Å²) >= 11 is 0. The Bertz CT molecular complexity index is 1300. The molecule has 7 nitrogen and oxygen atoms in total. The van der Waals surface area contributed by atoms with Crippen molar-refractivity contribution in [2.24, 2.45) is 0 Å². The molecule has 1 atom stereocenters. The molecule has 32 heavy (non-hydrogen) atoms. The van der Waals surface area contributed by atoms with E-state index in [1.165, 1.54) is 19.1 Å². The number of aryl methyl sites for hydroxylation is 1. The molecule has 0 heterocycles. The first kappa shape index (κ1) is 21.0. The van der Waals surface area contributed by atoms with Gasteiger partial charge < -0.3 is 15.8 Å². The normalized spacial score (nSPS) is 13.1. The molecular weight excluding hydrogens is 408 g/mol. The predicted octanol–water partition coefficient (Wildman–Crippen LogP) is 3.54. The number of ketones is 2. The van der Waals surface area contributed by atoms with E-state index in [4.69, 9.17) is 10.5 Å². The van der Waals surface area contributed by atoms with Crippen LogP contribution in [-0.2, 0) is 9.53 Å². The first-order valence-corrected chi connectivity index (χ1v) is 9.98. The number of nitrogen functional groups attached to an aromatic ring is 1. The summed E-state index contributed by atoms with van der Waals surface area (Å²) in [5, 5.41) is 2.71. The maximum atomic E-state index is 13.0. The Morgan fingerprint density at radius 1 is 0.875 bits per heavy atom. The molecule has 1 unspecified atom stereocenters. The average Bonchev–Trinajstić information content (AvgIpc) is 2.78. The van der Waals surface area contributed by atoms with E-state index in [-0.39, 0.29) is 33.7 Å². The number of anilines is 2. The topological polar surface area (TPSA) is 116 Å². The van der Waals surface area contributed by atoms with Crippen LogP contribution in [0.25, 0.3) is 0 Å². The third-order valence-electron chi connectivity index (χ3n) is 5.41. The minimum Gasteiger partial charge on any atom is -0.449 e. The van der Waals surface area contributed by atoms with Crippen LogP contribution in [0.4, 0.5) is 11.4 Å². The molecule has 0 bridgehead atoms. The lowest BCUT2D eigenvalue weighted by Gasteiger charge is -2.21. The van der Waals surface area contributed by atoms with Gasteiger partial charge in [0.15, 0.2) is 17.7 Å². The minimum absolute atomic E-state index is 0.0276. The van der Waals surface area contributed by atoms with Crippen LogP contribution in [-0.4, -0.2) is 29.5 Å². The molecule has 1 amide bonds. The van der Waals surface area contributed by atoms with Crippen LogP contribution in [0.15, 0.2) is 60.7 Å². The van der Waals surface area contributed by atoms with Crippen molar-refractivity contribution in [3.63, 3.8) is 0 Å². The summed E-state index contributed by atoms with van der Waals surface area (Å²) in [7, 11) is 0. The summed E-state index contributed by atoms with van der Waals surface area (Å²) in [6, 6.07) is 16.4. The Morgan fingerprint density at radius 3 is 2.19 bits per heavy atom. The number of benzene rings is 3. The second-order valence-electron chi connectivity index (χ2n) is 7.50. The lowest BCUT2D eigenvalue weighted by atomic mass is 9.82. The summed E-state index contributed by atoms with van der Waals surface area (Å²) in [6.45, 7) is 3.28. The van der Waals surface area contributed by atoms with E-state index in [2.05, 4.69) is 5.32 Å². The fourth-order valence-corrected chi connectivity index (χ4v) is 3.62. The number of rotatable bonds is 4. The zero-order valence-electron chi connectivity index (χ0n) is 17.5. The number of hydrogen-bond donors (Lipinski definition) is 2. The molecule has 0 aromatic heterocycles. The Kier molecular flexibility index (Phi) is 5.32. The van der Waals surface area contributed by atoms with Crippen molar-refractivity contribution in [2.75, 3.05) is 11.1 Å². The van der Waals surface area contributed by atoms with E-state index in [0.29, 0.717) is 11.3 Å². The molecular formula is C25H20N2O5. The standard InChI is InChI=1S/C25H20N2O5/c1-13-7-3-6-10-19(13)27-24(30)14(2)32-25(31)18-12-11-17-20(21(18)26)23(29)16-9-5-4-8-15(16)22(17)28/h3-12,14H,26H2,1-2H3,(H,27,30). The summed E-state index contributed by atoms with van der Waals surface area (Å²) in [6.07, 6.45) is -1.12. The summed E-state index contributed by atoms with van der Waals surface area (Å²) in [4.78, 5) is 50.9. The van der Waals surface area contributed by atoms with Crippen molar-refractivity contribution in [2.45, 2.75) is 20.0 Å². The number of carbonyl (C=O) groups is 4. The number of carbonyl (C=O) groups excluding carboxylic acids is 4. The second-order valence-corrected chi connectivity index (χ2v) is 7.50. The van der Waals surface area contributed by atoms with Gasteiger partial charge in [0.25, 0.3) is 5.91 Å². The largest absolute Gasteiger partial charge is 0.449 e. The Labute approximate surface area is 184 Å². The van der Waals surface area contributed by atoms with E-state index < -0.39 is 23.8 Å². The molecule has 0 saturated heterocycles. The monoisotopic (exact) mass is 428 g/mol. The summed E-state index contributed by atoms with van der Waals surface area (Å²) < 4.78 is 5.29. The number of amides is 1. The molecule has 4 rings (SSSR count). The smallest absolute Gasteiger partial charge is 0.341 e. The van der Waals surface area contributed by atoms with Crippen LogP contribution in [0.2, 0.25) is 0 Å². The number of esters is 1. The van der Waals surface area contributed by atoms with Crippen molar-refractivity contribution in [3.8, 4) is 0 Å². The van der Waals surface area contributed by atoms with Crippen molar-refractivity contribution in [1.82, 2.24) is 0 Å². The zero-order valence-corrected chi connectivity index (χ0v) is 17.5. The van der Waals surface area contributed by atoms with Gasteiger partial charge in [0.05, 0.1) is 16.8 Å². The highest BCUT2D eigenvalue weighted by atomic mass is 16.5. The average molecular weight is 428 g/mol. The molecule has 1 aliphatic carbocycles. The van der Waals surface area contributed by atoms with Gasteiger partial charge in [-0.3, -0.25) is 14.4 Å². The Hall–Kier alpha value is -4.26. The number of para-hydroxylation sites is 1. The van der Waals surface area contributed by atoms with Crippen LogP contribution in [0, 0.1) is 6.92 Å². The second kappa shape index (κ2) is 8.11. The van der Waals surface area contributed by atoms with Gasteiger partial charge in [-0.2, -0.15) is 0 Å². The van der Waals surface area contributed by atoms with Crippen molar-refractivity contribution in [3.05, 3.63) is 94.0 Å². The molecule has 3 N–H and O–H groups in total. The van der Waals surface area contributed by atoms with Crippen molar-refractivity contribution < 1.29 is 23.9 Å². The highest BCUT2D eigenvalue weighted by Gasteiger charge is 2.33. The number of fused-ring (bicyclic) bond motifs is 2. The number of ether oxygens (including phenoxy) is 1. The first-order chi connectivity index (χ1) is 15.3. The maximum Gasteiger partial charge on any atom is 0.341 e. The number of hydrogen-bond acceptors (Lipinski definition) is 6. The van der Waals surface area contributed by atoms with Gasteiger partial charge in [0, 0.05) is 22.4 Å². The van der Waals surface area contributed by atoms with Crippen LogP contribution < -0.4 is 11.1 Å². The molecule has 0 saturated carbocycles. The van der Waals surface area contributed by atoms with Crippen molar-refractivity contribution in [1.29, 1.82) is 0 Å². The van der Waals surface area contributed by atoms with E-state index in [0.717, 1.165) is 5.56 Å². The maximum absolute atomic E-state index is 13.0. The number of nitrogens with two attached hydrogens (primary N) is 1. The van der Waals surface area contributed by atoms with Crippen LogP contribution in [0.1, 0.15) is 54.7 Å². The molecule has 3 aromatic rings. The van der Waals surface area contributed by atoms with Gasteiger partial charge >= 0.3 is 5.97 Å². The van der Waals surface area contributed by atoms with Gasteiger partial charge in [-0.25, -0.2) is 4.79 Å². The molecule has 0 spiro atoms. The zero-order chi connectivity index (χ0) is 23.0. The molecule has 0 radical (unpaired) electrons. The summed E-state index contributed by atoms with van der Waals surface area (Å²) in [5.74, 6) is -2.15. The molecule has 1 aliphatic rings. The van der Waals surface area contributed by atoms with Crippen LogP contribution >= 0.6 is 0 Å². The third kappa shape index (κ3) is 3.54. The molecule has 3 aromatic carbocycles. The molecule has 0 fully saturated rings. The van der Waals surface area contributed by atoms with Crippen LogP contribution in [0.5, 0.6) is 0 Å². The quantitative estimate of drug-likeness (QED) is 0.379. The van der Waals surface area contributed by atoms with Crippen molar-refractivity contribution >= 4 is 34.8 Å². The predicted molar refractivity (Wildman–Crippen MR) is 119 cm³/mol.